The maximum absolute atomic E-state index is 13.0. The third-order valence-electron chi connectivity index (χ3n) is 2.37. The highest BCUT2D eigenvalue weighted by Gasteiger charge is 2.10. The maximum Gasteiger partial charge on any atom is 0.127 e. The molecule has 0 radical (unpaired) electrons. The van der Waals surface area contributed by atoms with Crippen LogP contribution in [0.15, 0.2) is 18.2 Å². The van der Waals surface area contributed by atoms with Crippen LogP contribution in [0.4, 0.5) is 4.39 Å². The molecule has 0 bridgehead atoms. The fraction of sp³-hybridized carbons (Fsp3) is 0.500. The zero-order valence-electron chi connectivity index (χ0n) is 9.61. The maximum atomic E-state index is 13.0. The van der Waals surface area contributed by atoms with Crippen molar-refractivity contribution in [2.75, 3.05) is 6.61 Å². The predicted molar refractivity (Wildman–Crippen MR) is 60.8 cm³/mol. The predicted octanol–water partition coefficient (Wildman–Crippen LogP) is 2.00. The van der Waals surface area contributed by atoms with E-state index < -0.39 is 6.10 Å². The minimum atomic E-state index is -0.538. The number of rotatable bonds is 5. The number of aliphatic hydroxyl groups is 1. The van der Waals surface area contributed by atoms with Crippen molar-refractivity contribution in [3.63, 3.8) is 0 Å². The summed E-state index contributed by atoms with van der Waals surface area (Å²) in [5.41, 5.74) is 6.48. The van der Waals surface area contributed by atoms with Crippen molar-refractivity contribution in [1.29, 1.82) is 0 Å². The van der Waals surface area contributed by atoms with Crippen molar-refractivity contribution in [2.24, 2.45) is 5.73 Å². The van der Waals surface area contributed by atoms with Crippen molar-refractivity contribution < 1.29 is 14.2 Å². The van der Waals surface area contributed by atoms with Crippen LogP contribution in [-0.2, 0) is 0 Å². The van der Waals surface area contributed by atoms with Gasteiger partial charge < -0.3 is 15.6 Å². The van der Waals surface area contributed by atoms with Crippen LogP contribution in [0.2, 0.25) is 0 Å². The van der Waals surface area contributed by atoms with Crippen LogP contribution in [0.5, 0.6) is 5.75 Å². The van der Waals surface area contributed by atoms with Crippen LogP contribution in [0, 0.1) is 5.82 Å². The summed E-state index contributed by atoms with van der Waals surface area (Å²) in [6.45, 7) is 3.81. The van der Waals surface area contributed by atoms with Crippen molar-refractivity contribution in [2.45, 2.75) is 32.4 Å². The zero-order valence-corrected chi connectivity index (χ0v) is 9.61. The molecule has 0 aliphatic carbocycles. The smallest absolute Gasteiger partial charge is 0.127 e. The summed E-state index contributed by atoms with van der Waals surface area (Å²) in [4.78, 5) is 0. The van der Waals surface area contributed by atoms with E-state index in [0.717, 1.165) is 5.56 Å². The standard InChI is InChI=1S/C12H18FNO2/c1-3-10(15)7-16-12-6-9(13)4-5-11(12)8(2)14/h4-6,8,10,15H,3,7,14H2,1-2H3/t8-,10?/m1/s1. The van der Waals surface area contributed by atoms with E-state index in [1.165, 1.54) is 12.1 Å². The third-order valence-corrected chi connectivity index (χ3v) is 2.37. The third kappa shape index (κ3) is 3.47. The largest absolute Gasteiger partial charge is 0.490 e. The molecule has 4 heteroatoms. The average molecular weight is 227 g/mol. The lowest BCUT2D eigenvalue weighted by Gasteiger charge is -2.15. The van der Waals surface area contributed by atoms with Gasteiger partial charge in [0.15, 0.2) is 0 Å². The van der Waals surface area contributed by atoms with Gasteiger partial charge in [0.2, 0.25) is 0 Å². The van der Waals surface area contributed by atoms with Gasteiger partial charge in [-0.2, -0.15) is 0 Å². The molecule has 0 aliphatic rings. The molecular weight excluding hydrogens is 209 g/mol. The Balaban J connectivity index is 2.80. The lowest BCUT2D eigenvalue weighted by atomic mass is 10.1. The van der Waals surface area contributed by atoms with E-state index >= 15 is 0 Å². The van der Waals surface area contributed by atoms with Crippen molar-refractivity contribution in [3.05, 3.63) is 29.6 Å². The quantitative estimate of drug-likeness (QED) is 0.808. The van der Waals surface area contributed by atoms with Gasteiger partial charge in [0, 0.05) is 17.7 Å². The SMILES string of the molecule is CCC(O)COc1cc(F)ccc1[C@@H](C)N. The van der Waals surface area contributed by atoms with E-state index in [9.17, 15) is 9.50 Å². The second kappa shape index (κ2) is 5.82. The molecule has 0 saturated heterocycles. The Kier molecular flexibility index (Phi) is 4.71. The molecule has 0 spiro atoms. The molecular formula is C12H18FNO2. The molecule has 0 heterocycles. The molecule has 2 atom stereocenters. The van der Waals surface area contributed by atoms with E-state index in [0.29, 0.717) is 12.2 Å². The molecule has 1 aromatic rings. The van der Waals surface area contributed by atoms with Gasteiger partial charge in [0.25, 0.3) is 0 Å². The minimum absolute atomic E-state index is 0.152. The monoisotopic (exact) mass is 227 g/mol. The van der Waals surface area contributed by atoms with E-state index in [2.05, 4.69) is 0 Å². The summed E-state index contributed by atoms with van der Waals surface area (Å²) in [5.74, 6) is 0.0351. The van der Waals surface area contributed by atoms with Crippen LogP contribution in [0.1, 0.15) is 31.9 Å². The summed E-state index contributed by atoms with van der Waals surface area (Å²) < 4.78 is 18.4. The number of nitrogens with two attached hydrogens (primary N) is 1. The summed E-state index contributed by atoms with van der Waals surface area (Å²) in [6, 6.07) is 4.02. The molecule has 3 N–H and O–H groups in total. The lowest BCUT2D eigenvalue weighted by molar-refractivity contribution is 0.103. The molecule has 1 aromatic carbocycles. The summed E-state index contributed by atoms with van der Waals surface area (Å²) >= 11 is 0. The van der Waals surface area contributed by atoms with Gasteiger partial charge in [0.1, 0.15) is 18.2 Å². The highest BCUT2D eigenvalue weighted by Crippen LogP contribution is 2.24. The number of benzene rings is 1. The first-order valence-electron chi connectivity index (χ1n) is 5.40. The van der Waals surface area contributed by atoms with E-state index in [1.54, 1.807) is 13.0 Å². The molecule has 0 amide bonds. The normalized spacial score (nSPS) is 14.6. The number of hydrogen-bond acceptors (Lipinski definition) is 3. The Bertz CT molecular complexity index is 342. The van der Waals surface area contributed by atoms with Gasteiger partial charge in [-0.15, -0.1) is 0 Å². The molecule has 3 nitrogen and oxygen atoms in total. The number of ether oxygens (including phenoxy) is 1. The first-order valence-corrected chi connectivity index (χ1v) is 5.40. The average Bonchev–Trinajstić information content (AvgIpc) is 2.25. The molecule has 1 unspecified atom stereocenters. The van der Waals surface area contributed by atoms with Gasteiger partial charge in [-0.3, -0.25) is 0 Å². The summed E-state index contributed by atoms with van der Waals surface area (Å²) in [5, 5.41) is 9.37. The minimum Gasteiger partial charge on any atom is -0.490 e. The Hall–Kier alpha value is -1.13. The van der Waals surface area contributed by atoms with E-state index in [-0.39, 0.29) is 18.5 Å². The van der Waals surface area contributed by atoms with Crippen LogP contribution in [0.25, 0.3) is 0 Å². The lowest BCUT2D eigenvalue weighted by Crippen LogP contribution is -2.17. The summed E-state index contributed by atoms with van der Waals surface area (Å²) in [6.07, 6.45) is 0.0622. The Morgan fingerprint density at radius 2 is 2.19 bits per heavy atom. The first kappa shape index (κ1) is 12.9. The summed E-state index contributed by atoms with van der Waals surface area (Å²) in [7, 11) is 0. The van der Waals surface area contributed by atoms with Gasteiger partial charge >= 0.3 is 0 Å². The van der Waals surface area contributed by atoms with Crippen molar-refractivity contribution in [3.8, 4) is 5.75 Å². The Morgan fingerprint density at radius 3 is 2.75 bits per heavy atom. The number of aliphatic hydroxyl groups excluding tert-OH is 1. The van der Waals surface area contributed by atoms with Crippen LogP contribution in [-0.4, -0.2) is 17.8 Å². The molecule has 90 valence electrons. The highest BCUT2D eigenvalue weighted by atomic mass is 19.1. The van der Waals surface area contributed by atoms with Gasteiger partial charge in [0.05, 0.1) is 6.10 Å². The van der Waals surface area contributed by atoms with Gasteiger partial charge in [-0.05, 0) is 19.4 Å². The van der Waals surface area contributed by atoms with Crippen LogP contribution >= 0.6 is 0 Å². The number of hydrogen-bond donors (Lipinski definition) is 2. The first-order chi connectivity index (χ1) is 7.54. The molecule has 0 fully saturated rings. The molecule has 1 rings (SSSR count). The highest BCUT2D eigenvalue weighted by molar-refractivity contribution is 5.36. The van der Waals surface area contributed by atoms with Crippen LogP contribution < -0.4 is 10.5 Å². The molecule has 16 heavy (non-hydrogen) atoms. The zero-order chi connectivity index (χ0) is 12.1. The second-order valence-electron chi connectivity index (χ2n) is 3.84. The van der Waals surface area contributed by atoms with E-state index in [1.807, 2.05) is 6.92 Å². The Morgan fingerprint density at radius 1 is 1.50 bits per heavy atom. The second-order valence-corrected chi connectivity index (χ2v) is 3.84. The number of halogens is 1. The van der Waals surface area contributed by atoms with Crippen molar-refractivity contribution >= 4 is 0 Å². The van der Waals surface area contributed by atoms with Gasteiger partial charge in [-0.25, -0.2) is 4.39 Å². The van der Waals surface area contributed by atoms with Gasteiger partial charge in [-0.1, -0.05) is 13.0 Å². The fourth-order valence-electron chi connectivity index (χ4n) is 1.31. The fourth-order valence-corrected chi connectivity index (χ4v) is 1.31. The topological polar surface area (TPSA) is 55.5 Å². The molecule has 0 aromatic heterocycles. The van der Waals surface area contributed by atoms with E-state index in [4.69, 9.17) is 10.5 Å². The van der Waals surface area contributed by atoms with Crippen molar-refractivity contribution in [1.82, 2.24) is 0 Å². The van der Waals surface area contributed by atoms with Crippen LogP contribution in [0.3, 0.4) is 0 Å². The molecule has 0 aliphatic heterocycles. The Labute approximate surface area is 95.0 Å². The molecule has 0 saturated carbocycles.